The number of hydrogen-bond acceptors (Lipinski definition) is 6. The molecule has 19 heavy (non-hydrogen) atoms. The molecule has 2 fully saturated rings. The van der Waals surface area contributed by atoms with Gasteiger partial charge >= 0.3 is 0 Å². The van der Waals surface area contributed by atoms with Crippen molar-refractivity contribution in [3.63, 3.8) is 0 Å². The third-order valence-electron chi connectivity index (χ3n) is 4.65. The Balaban J connectivity index is 1.97. The van der Waals surface area contributed by atoms with Crippen molar-refractivity contribution in [2.45, 2.75) is 36.7 Å². The first-order valence-corrected chi connectivity index (χ1v) is 7.12. The summed E-state index contributed by atoms with van der Waals surface area (Å²) in [6.45, 7) is 4.00. The fourth-order valence-electron chi connectivity index (χ4n) is 3.08. The number of nitrogens with zero attached hydrogens (tertiary/aromatic N) is 2. The Hall–Kier alpha value is -0.240. The summed E-state index contributed by atoms with van der Waals surface area (Å²) in [5, 5.41) is 34.1. The SMILES string of the molecule is CNC1C[C@@H](O)C(O)(CN2CCN(C)CC2)[C@@H](O)C1. The molecule has 112 valence electrons. The van der Waals surface area contributed by atoms with Crippen molar-refractivity contribution in [2.75, 3.05) is 46.8 Å². The molecule has 4 atom stereocenters. The van der Waals surface area contributed by atoms with Crippen LogP contribution in [0.2, 0.25) is 0 Å². The first kappa shape index (κ1) is 15.2. The molecule has 0 amide bonds. The largest absolute Gasteiger partial charge is 0.390 e. The summed E-state index contributed by atoms with van der Waals surface area (Å²) in [5.74, 6) is 0. The molecular formula is C13H27N3O3. The van der Waals surface area contributed by atoms with Gasteiger partial charge in [-0.15, -0.1) is 0 Å². The van der Waals surface area contributed by atoms with Crippen molar-refractivity contribution < 1.29 is 15.3 Å². The summed E-state index contributed by atoms with van der Waals surface area (Å²) in [7, 11) is 3.89. The standard InChI is InChI=1S/C13H27N3O3/c1-14-10-7-11(17)13(19,12(18)8-10)9-16-5-3-15(2)4-6-16/h10-12,14,17-19H,3-9H2,1-2H3/t10?,11-,12+,13?. The van der Waals surface area contributed by atoms with Gasteiger partial charge in [0, 0.05) is 38.8 Å². The molecule has 1 saturated carbocycles. The van der Waals surface area contributed by atoms with Gasteiger partial charge in [-0.1, -0.05) is 0 Å². The predicted octanol–water partition coefficient (Wildman–Crippen LogP) is -1.93. The molecule has 0 bridgehead atoms. The zero-order valence-corrected chi connectivity index (χ0v) is 11.9. The van der Waals surface area contributed by atoms with Crippen molar-refractivity contribution in [2.24, 2.45) is 0 Å². The zero-order chi connectivity index (χ0) is 14.0. The number of hydrogen-bond donors (Lipinski definition) is 4. The second kappa shape index (κ2) is 6.03. The van der Waals surface area contributed by atoms with Crippen LogP contribution in [-0.4, -0.2) is 95.8 Å². The minimum absolute atomic E-state index is 0.0674. The zero-order valence-electron chi connectivity index (χ0n) is 11.9. The average molecular weight is 273 g/mol. The van der Waals surface area contributed by atoms with Gasteiger partial charge in [-0.25, -0.2) is 0 Å². The highest BCUT2D eigenvalue weighted by molar-refractivity contribution is 5.03. The monoisotopic (exact) mass is 273 g/mol. The maximum atomic E-state index is 10.7. The maximum Gasteiger partial charge on any atom is 0.129 e. The fraction of sp³-hybridized carbons (Fsp3) is 1.00. The minimum Gasteiger partial charge on any atom is -0.390 e. The molecule has 1 heterocycles. The molecule has 0 aromatic heterocycles. The van der Waals surface area contributed by atoms with E-state index in [1.165, 1.54) is 0 Å². The van der Waals surface area contributed by atoms with E-state index >= 15 is 0 Å². The molecule has 0 aromatic carbocycles. The molecule has 4 N–H and O–H groups in total. The third-order valence-corrected chi connectivity index (χ3v) is 4.65. The first-order valence-electron chi connectivity index (χ1n) is 7.12. The van der Waals surface area contributed by atoms with E-state index in [9.17, 15) is 15.3 Å². The minimum atomic E-state index is -1.40. The van der Waals surface area contributed by atoms with Gasteiger partial charge in [-0.2, -0.15) is 0 Å². The molecule has 1 aliphatic carbocycles. The van der Waals surface area contributed by atoms with Crippen LogP contribution in [0.5, 0.6) is 0 Å². The molecule has 0 spiro atoms. The molecule has 2 unspecified atom stereocenters. The van der Waals surface area contributed by atoms with Crippen LogP contribution in [0.15, 0.2) is 0 Å². The van der Waals surface area contributed by atoms with Gasteiger partial charge in [0.15, 0.2) is 0 Å². The van der Waals surface area contributed by atoms with E-state index in [1.54, 1.807) is 0 Å². The summed E-state index contributed by atoms with van der Waals surface area (Å²) in [6, 6.07) is 0.0674. The molecular weight excluding hydrogens is 246 g/mol. The van der Waals surface area contributed by atoms with E-state index in [0.717, 1.165) is 26.2 Å². The van der Waals surface area contributed by atoms with E-state index in [0.29, 0.717) is 19.4 Å². The van der Waals surface area contributed by atoms with Crippen molar-refractivity contribution in [1.82, 2.24) is 15.1 Å². The highest BCUT2D eigenvalue weighted by atomic mass is 16.4. The Bertz CT molecular complexity index is 283. The fourth-order valence-corrected chi connectivity index (χ4v) is 3.08. The third kappa shape index (κ3) is 3.26. The number of aliphatic hydroxyl groups excluding tert-OH is 2. The van der Waals surface area contributed by atoms with E-state index in [4.69, 9.17) is 0 Å². The van der Waals surface area contributed by atoms with E-state index in [-0.39, 0.29) is 6.04 Å². The molecule has 1 saturated heterocycles. The topological polar surface area (TPSA) is 79.2 Å². The lowest BCUT2D eigenvalue weighted by molar-refractivity contribution is -0.183. The van der Waals surface area contributed by atoms with Gasteiger partial charge in [0.1, 0.15) is 5.60 Å². The lowest BCUT2D eigenvalue weighted by atomic mass is 9.77. The van der Waals surface area contributed by atoms with Crippen LogP contribution in [0.25, 0.3) is 0 Å². The Morgan fingerprint density at radius 1 is 1.11 bits per heavy atom. The molecule has 1 aliphatic heterocycles. The Morgan fingerprint density at radius 3 is 2.11 bits per heavy atom. The van der Waals surface area contributed by atoms with Crippen LogP contribution in [0.1, 0.15) is 12.8 Å². The van der Waals surface area contributed by atoms with Gasteiger partial charge in [-0.3, -0.25) is 4.90 Å². The van der Waals surface area contributed by atoms with Crippen molar-refractivity contribution in [1.29, 1.82) is 0 Å². The van der Waals surface area contributed by atoms with Crippen LogP contribution in [0.3, 0.4) is 0 Å². The highest BCUT2D eigenvalue weighted by Crippen LogP contribution is 2.30. The Kier molecular flexibility index (Phi) is 4.81. The normalized spacial score (nSPS) is 42.5. The van der Waals surface area contributed by atoms with E-state index < -0.39 is 17.8 Å². The van der Waals surface area contributed by atoms with Crippen LogP contribution >= 0.6 is 0 Å². The van der Waals surface area contributed by atoms with Gasteiger partial charge in [0.25, 0.3) is 0 Å². The van der Waals surface area contributed by atoms with Crippen LogP contribution in [0, 0.1) is 0 Å². The van der Waals surface area contributed by atoms with Gasteiger partial charge < -0.3 is 25.5 Å². The predicted molar refractivity (Wildman–Crippen MR) is 73.0 cm³/mol. The van der Waals surface area contributed by atoms with E-state index in [2.05, 4.69) is 22.2 Å². The molecule has 6 nitrogen and oxygen atoms in total. The lowest BCUT2D eigenvalue weighted by Gasteiger charge is -2.47. The summed E-state index contributed by atoms with van der Waals surface area (Å²) in [5.41, 5.74) is -1.40. The van der Waals surface area contributed by atoms with Crippen LogP contribution in [0.4, 0.5) is 0 Å². The Morgan fingerprint density at radius 2 is 1.63 bits per heavy atom. The van der Waals surface area contributed by atoms with Crippen molar-refractivity contribution >= 4 is 0 Å². The Labute approximate surface area is 115 Å². The highest BCUT2D eigenvalue weighted by Gasteiger charge is 2.48. The number of β-amino-alcohol motifs (C(OH)–C–C–N with tert-alkyl or cyclic N) is 1. The molecule has 2 aliphatic rings. The van der Waals surface area contributed by atoms with Crippen LogP contribution < -0.4 is 5.32 Å². The summed E-state index contributed by atoms with van der Waals surface area (Å²) < 4.78 is 0. The summed E-state index contributed by atoms with van der Waals surface area (Å²) >= 11 is 0. The molecule has 0 radical (unpaired) electrons. The van der Waals surface area contributed by atoms with Gasteiger partial charge in [0.05, 0.1) is 12.2 Å². The number of nitrogens with one attached hydrogen (secondary N) is 1. The second-order valence-electron chi connectivity index (χ2n) is 6.06. The average Bonchev–Trinajstić information content (AvgIpc) is 2.38. The van der Waals surface area contributed by atoms with Crippen LogP contribution in [-0.2, 0) is 0 Å². The molecule has 2 rings (SSSR count). The molecule has 0 aromatic rings. The number of aliphatic hydroxyl groups is 3. The number of likely N-dealkylation sites (N-methyl/N-ethyl adjacent to an activating group) is 1. The lowest BCUT2D eigenvalue weighted by Crippen LogP contribution is -2.65. The van der Waals surface area contributed by atoms with Crippen molar-refractivity contribution in [3.05, 3.63) is 0 Å². The second-order valence-corrected chi connectivity index (χ2v) is 6.06. The summed E-state index contributed by atoms with van der Waals surface area (Å²) in [6.07, 6.45) is -0.794. The smallest absolute Gasteiger partial charge is 0.129 e. The van der Waals surface area contributed by atoms with Gasteiger partial charge in [-0.05, 0) is 26.9 Å². The number of piperazine rings is 1. The van der Waals surface area contributed by atoms with Crippen molar-refractivity contribution in [3.8, 4) is 0 Å². The van der Waals surface area contributed by atoms with Gasteiger partial charge in [0.2, 0.25) is 0 Å². The molecule has 6 heteroatoms. The van der Waals surface area contributed by atoms with E-state index in [1.807, 2.05) is 7.05 Å². The number of rotatable bonds is 3. The first-order chi connectivity index (χ1) is 8.95. The quantitative estimate of drug-likeness (QED) is 0.480. The maximum absolute atomic E-state index is 10.7. The summed E-state index contributed by atoms with van der Waals surface area (Å²) in [4.78, 5) is 4.37.